The summed E-state index contributed by atoms with van der Waals surface area (Å²) in [7, 11) is 0. The fourth-order valence-electron chi connectivity index (χ4n) is 4.67. The van der Waals surface area contributed by atoms with Crippen molar-refractivity contribution in [1.29, 1.82) is 0 Å². The fraction of sp³-hybridized carbons (Fsp3) is 0.444. The van der Waals surface area contributed by atoms with Gasteiger partial charge in [-0.3, -0.25) is 0 Å². The molecule has 0 aliphatic carbocycles. The van der Waals surface area contributed by atoms with E-state index >= 15 is 0 Å². The zero-order valence-corrected chi connectivity index (χ0v) is 20.9. The third-order valence-electron chi connectivity index (χ3n) is 6.82. The van der Waals surface area contributed by atoms with Crippen molar-refractivity contribution in [3.05, 3.63) is 65.0 Å². The molecule has 3 aromatic rings. The van der Waals surface area contributed by atoms with Crippen LogP contribution in [0.25, 0.3) is 10.1 Å². The molecule has 0 bridgehead atoms. The summed E-state index contributed by atoms with van der Waals surface area (Å²) in [6.45, 7) is 7.95. The lowest BCUT2D eigenvalue weighted by Gasteiger charge is -2.35. The summed E-state index contributed by atoms with van der Waals surface area (Å²) in [4.78, 5) is 2.65. The number of piperidine rings is 1. The van der Waals surface area contributed by atoms with Gasteiger partial charge >= 0.3 is 0 Å². The summed E-state index contributed by atoms with van der Waals surface area (Å²) in [5.74, 6) is 0.669. The first-order chi connectivity index (χ1) is 15.6. The Morgan fingerprint density at radius 1 is 1.16 bits per heavy atom. The number of hydrogen-bond donors (Lipinski definition) is 2. The molecule has 1 fully saturated rings. The third-order valence-corrected chi connectivity index (χ3v) is 8.04. The van der Waals surface area contributed by atoms with Gasteiger partial charge in [0.1, 0.15) is 0 Å². The number of anilines is 1. The van der Waals surface area contributed by atoms with Crippen molar-refractivity contribution in [1.82, 2.24) is 10.2 Å². The molecule has 0 saturated carbocycles. The van der Waals surface area contributed by atoms with Gasteiger partial charge in [-0.2, -0.15) is 0 Å². The highest BCUT2D eigenvalue weighted by molar-refractivity contribution is 7.80. The molecular formula is C27H35N3S2. The molecule has 0 spiro atoms. The maximum atomic E-state index is 5.55. The number of nitrogens with zero attached hydrogens (tertiary/aromatic N) is 1. The average Bonchev–Trinajstić information content (AvgIpc) is 3.25. The maximum absolute atomic E-state index is 5.55. The van der Waals surface area contributed by atoms with E-state index in [1.807, 2.05) is 11.3 Å². The van der Waals surface area contributed by atoms with Crippen molar-refractivity contribution < 1.29 is 0 Å². The van der Waals surface area contributed by atoms with Crippen molar-refractivity contribution in [2.24, 2.45) is 0 Å². The van der Waals surface area contributed by atoms with E-state index in [9.17, 15) is 0 Å². The molecule has 1 atom stereocenters. The monoisotopic (exact) mass is 465 g/mol. The zero-order chi connectivity index (χ0) is 22.3. The van der Waals surface area contributed by atoms with E-state index in [0.717, 1.165) is 25.1 Å². The van der Waals surface area contributed by atoms with Crippen LogP contribution in [0.1, 0.15) is 56.6 Å². The quantitative estimate of drug-likeness (QED) is 0.283. The number of thiophene rings is 1. The minimum atomic E-state index is 0.669. The molecular weight excluding hydrogens is 430 g/mol. The van der Waals surface area contributed by atoms with Crippen LogP contribution >= 0.6 is 23.6 Å². The predicted octanol–water partition coefficient (Wildman–Crippen LogP) is 6.80. The molecule has 3 nitrogen and oxygen atoms in total. The lowest BCUT2D eigenvalue weighted by Crippen LogP contribution is -2.39. The molecule has 5 heteroatoms. The van der Waals surface area contributed by atoms with Crippen LogP contribution in [-0.4, -0.2) is 35.7 Å². The lowest BCUT2D eigenvalue weighted by atomic mass is 9.88. The van der Waals surface area contributed by atoms with E-state index in [1.54, 1.807) is 0 Å². The van der Waals surface area contributed by atoms with Gasteiger partial charge in [-0.1, -0.05) is 37.3 Å². The van der Waals surface area contributed by atoms with Crippen LogP contribution in [0.2, 0.25) is 0 Å². The molecule has 170 valence electrons. The molecule has 1 aliphatic rings. The Hall–Kier alpha value is -1.95. The lowest BCUT2D eigenvalue weighted by molar-refractivity contribution is 0.159. The molecule has 0 radical (unpaired) electrons. The number of nitrogens with one attached hydrogen (secondary N) is 2. The normalized spacial score (nSPS) is 16.2. The van der Waals surface area contributed by atoms with E-state index in [2.05, 4.69) is 83.3 Å². The highest BCUT2D eigenvalue weighted by Crippen LogP contribution is 2.38. The predicted molar refractivity (Wildman–Crippen MR) is 144 cm³/mol. The van der Waals surface area contributed by atoms with Gasteiger partial charge in [0.05, 0.1) is 0 Å². The standard InChI is InChI=1S/C27H35N3S2/c1-3-20(2)30-16-13-22(14-17-30)25-19-32-26-12-11-23(18-24(25)26)29-27(31)28-15-7-10-21-8-5-4-6-9-21/h4-6,8-9,11-12,18-20,22H,3,7,10,13-17H2,1-2H3,(H2,28,29,31). The molecule has 2 aromatic carbocycles. The Bertz CT molecular complexity index is 1010. The fourth-order valence-corrected chi connectivity index (χ4v) is 5.91. The van der Waals surface area contributed by atoms with Gasteiger partial charge in [-0.15, -0.1) is 11.3 Å². The Kier molecular flexibility index (Phi) is 8.17. The van der Waals surface area contributed by atoms with E-state index in [4.69, 9.17) is 12.2 Å². The van der Waals surface area contributed by atoms with Crippen LogP contribution < -0.4 is 10.6 Å². The summed E-state index contributed by atoms with van der Waals surface area (Å²) in [5, 5.41) is 11.2. The first-order valence-electron chi connectivity index (χ1n) is 12.0. The van der Waals surface area contributed by atoms with Crippen molar-refractivity contribution >= 4 is 44.4 Å². The Balaban J connectivity index is 1.32. The van der Waals surface area contributed by atoms with Crippen LogP contribution in [0.4, 0.5) is 5.69 Å². The minimum absolute atomic E-state index is 0.669. The molecule has 2 heterocycles. The number of thiocarbonyl (C=S) groups is 1. The van der Waals surface area contributed by atoms with E-state index < -0.39 is 0 Å². The van der Waals surface area contributed by atoms with E-state index in [-0.39, 0.29) is 0 Å². The number of rotatable bonds is 8. The zero-order valence-electron chi connectivity index (χ0n) is 19.3. The van der Waals surface area contributed by atoms with Crippen LogP contribution in [0.15, 0.2) is 53.9 Å². The summed E-state index contributed by atoms with van der Waals surface area (Å²) in [5.41, 5.74) is 3.98. The molecule has 4 rings (SSSR count). The highest BCUT2D eigenvalue weighted by Gasteiger charge is 2.24. The molecule has 2 N–H and O–H groups in total. The minimum Gasteiger partial charge on any atom is -0.362 e. The van der Waals surface area contributed by atoms with Gasteiger partial charge in [0, 0.05) is 23.0 Å². The molecule has 1 aliphatic heterocycles. The number of fused-ring (bicyclic) bond motifs is 1. The van der Waals surface area contributed by atoms with E-state index in [1.165, 1.54) is 53.6 Å². The molecule has 1 saturated heterocycles. The largest absolute Gasteiger partial charge is 0.362 e. The summed E-state index contributed by atoms with van der Waals surface area (Å²) < 4.78 is 1.37. The summed E-state index contributed by atoms with van der Waals surface area (Å²) in [6.07, 6.45) is 5.89. The topological polar surface area (TPSA) is 27.3 Å². The number of likely N-dealkylation sites (tertiary alicyclic amines) is 1. The van der Waals surface area contributed by atoms with Crippen LogP contribution in [0, 0.1) is 0 Å². The van der Waals surface area contributed by atoms with Crippen LogP contribution in [-0.2, 0) is 6.42 Å². The van der Waals surface area contributed by atoms with Crippen molar-refractivity contribution in [3.63, 3.8) is 0 Å². The van der Waals surface area contributed by atoms with Crippen LogP contribution in [0.5, 0.6) is 0 Å². The second kappa shape index (κ2) is 11.3. The molecule has 0 amide bonds. The van der Waals surface area contributed by atoms with Gasteiger partial charge in [-0.05, 0) is 110 Å². The average molecular weight is 466 g/mol. The molecule has 1 aromatic heterocycles. The van der Waals surface area contributed by atoms with E-state index in [0.29, 0.717) is 17.1 Å². The second-order valence-electron chi connectivity index (χ2n) is 8.94. The summed E-state index contributed by atoms with van der Waals surface area (Å²) in [6, 6.07) is 18.0. The first-order valence-corrected chi connectivity index (χ1v) is 13.3. The molecule has 32 heavy (non-hydrogen) atoms. The van der Waals surface area contributed by atoms with Gasteiger partial charge in [0.25, 0.3) is 0 Å². The highest BCUT2D eigenvalue weighted by atomic mass is 32.1. The first kappa shape index (κ1) is 23.2. The number of benzene rings is 2. The van der Waals surface area contributed by atoms with Crippen LogP contribution in [0.3, 0.4) is 0 Å². The van der Waals surface area contributed by atoms with Gasteiger partial charge in [-0.25, -0.2) is 0 Å². The maximum Gasteiger partial charge on any atom is 0.170 e. The number of hydrogen-bond acceptors (Lipinski definition) is 3. The van der Waals surface area contributed by atoms with Gasteiger partial charge in [0.2, 0.25) is 0 Å². The Morgan fingerprint density at radius 3 is 2.69 bits per heavy atom. The number of aryl methyl sites for hydroxylation is 1. The molecule has 1 unspecified atom stereocenters. The Morgan fingerprint density at radius 2 is 1.94 bits per heavy atom. The summed E-state index contributed by atoms with van der Waals surface area (Å²) >= 11 is 7.42. The van der Waals surface area contributed by atoms with Gasteiger partial charge < -0.3 is 15.5 Å². The van der Waals surface area contributed by atoms with Crippen molar-refractivity contribution in [2.75, 3.05) is 25.0 Å². The van der Waals surface area contributed by atoms with Crippen molar-refractivity contribution in [2.45, 2.75) is 57.9 Å². The Labute approximate surface area is 202 Å². The second-order valence-corrected chi connectivity index (χ2v) is 10.3. The smallest absolute Gasteiger partial charge is 0.170 e. The SMILES string of the molecule is CCC(C)N1CCC(c2csc3ccc(NC(=S)NCCCc4ccccc4)cc23)CC1. The van der Waals surface area contributed by atoms with Crippen molar-refractivity contribution in [3.8, 4) is 0 Å². The third kappa shape index (κ3) is 5.89. The van der Waals surface area contributed by atoms with Gasteiger partial charge in [0.15, 0.2) is 5.11 Å².